The van der Waals surface area contributed by atoms with Crippen molar-refractivity contribution in [1.29, 1.82) is 0 Å². The van der Waals surface area contributed by atoms with Crippen molar-refractivity contribution < 1.29 is 19.0 Å². The van der Waals surface area contributed by atoms with Crippen LogP contribution in [-0.2, 0) is 0 Å². The van der Waals surface area contributed by atoms with Crippen LogP contribution in [0.2, 0.25) is 0 Å². The smallest absolute Gasteiger partial charge is 0.341 e. The number of benzene rings is 1. The summed E-state index contributed by atoms with van der Waals surface area (Å²) in [4.78, 5) is 28.4. The third kappa shape index (κ3) is 2.83. The fourth-order valence-electron chi connectivity index (χ4n) is 4.12. The van der Waals surface area contributed by atoms with E-state index in [4.69, 9.17) is 4.74 Å². The zero-order valence-corrected chi connectivity index (χ0v) is 16.2. The van der Waals surface area contributed by atoms with E-state index >= 15 is 4.39 Å². The predicted octanol–water partition coefficient (Wildman–Crippen LogP) is 2.32. The van der Waals surface area contributed by atoms with E-state index in [1.165, 1.54) is 6.20 Å². The van der Waals surface area contributed by atoms with Crippen molar-refractivity contribution in [3.05, 3.63) is 33.9 Å². The molecule has 2 aliphatic rings. The van der Waals surface area contributed by atoms with Crippen LogP contribution < -0.4 is 15.1 Å². The minimum atomic E-state index is -1.31. The average Bonchev–Trinajstić information content (AvgIpc) is 2.65. The van der Waals surface area contributed by atoms with Crippen molar-refractivity contribution in [1.82, 2.24) is 9.47 Å². The van der Waals surface area contributed by atoms with E-state index in [-0.39, 0.29) is 23.6 Å². The molecule has 8 heteroatoms. The van der Waals surface area contributed by atoms with Crippen molar-refractivity contribution >= 4 is 22.6 Å². The van der Waals surface area contributed by atoms with Crippen LogP contribution in [-0.4, -0.2) is 59.4 Å². The quantitative estimate of drug-likeness (QED) is 0.869. The summed E-state index contributed by atoms with van der Waals surface area (Å²) in [7, 11) is 0. The van der Waals surface area contributed by atoms with Crippen molar-refractivity contribution in [3.8, 4) is 5.75 Å². The van der Waals surface area contributed by atoms with Gasteiger partial charge in [0.25, 0.3) is 0 Å². The molecule has 1 aromatic heterocycles. The van der Waals surface area contributed by atoms with Gasteiger partial charge in [-0.05, 0) is 26.8 Å². The second-order valence-corrected chi connectivity index (χ2v) is 7.79. The standard InChI is InChI=1S/C20H24FN3O4/c1-11(2)22-4-6-23(7-5-22)17-15(21)8-13-16-19(17)28-10-12(3)24(16)9-14(18(13)25)20(26)27/h8-9,11-12H,4-7,10H2,1-3H3,(H,26,27). The molecule has 28 heavy (non-hydrogen) atoms. The van der Waals surface area contributed by atoms with Crippen LogP contribution in [0.4, 0.5) is 10.1 Å². The van der Waals surface area contributed by atoms with Crippen molar-refractivity contribution in [2.24, 2.45) is 0 Å². The number of aromatic nitrogens is 1. The summed E-state index contributed by atoms with van der Waals surface area (Å²) in [5, 5.41) is 9.41. The van der Waals surface area contributed by atoms with E-state index in [1.807, 2.05) is 11.8 Å². The zero-order valence-electron chi connectivity index (χ0n) is 16.2. The Morgan fingerprint density at radius 2 is 1.96 bits per heavy atom. The molecule has 4 rings (SSSR count). The van der Waals surface area contributed by atoms with Crippen molar-refractivity contribution in [3.63, 3.8) is 0 Å². The van der Waals surface area contributed by atoms with Gasteiger partial charge in [0.2, 0.25) is 5.43 Å². The number of piperazine rings is 1. The molecule has 0 aliphatic carbocycles. The number of anilines is 1. The third-order valence-corrected chi connectivity index (χ3v) is 5.73. The van der Waals surface area contributed by atoms with Crippen LogP contribution in [0.15, 0.2) is 17.1 Å². The molecule has 0 spiro atoms. The molecule has 1 unspecified atom stereocenters. The number of carbonyl (C=O) groups is 1. The number of rotatable bonds is 3. The lowest BCUT2D eigenvalue weighted by Gasteiger charge is -2.39. The molecule has 1 N–H and O–H groups in total. The van der Waals surface area contributed by atoms with Crippen LogP contribution in [0.5, 0.6) is 5.75 Å². The number of hydrogen-bond acceptors (Lipinski definition) is 5. The second kappa shape index (κ2) is 6.77. The van der Waals surface area contributed by atoms with Crippen molar-refractivity contribution in [2.45, 2.75) is 32.9 Å². The maximum Gasteiger partial charge on any atom is 0.341 e. The highest BCUT2D eigenvalue weighted by Crippen LogP contribution is 2.42. The van der Waals surface area contributed by atoms with Gasteiger partial charge in [-0.25, -0.2) is 9.18 Å². The summed E-state index contributed by atoms with van der Waals surface area (Å²) in [5.74, 6) is -1.54. The van der Waals surface area contributed by atoms with Gasteiger partial charge in [-0.2, -0.15) is 0 Å². The van der Waals surface area contributed by atoms with Crippen LogP contribution >= 0.6 is 0 Å². The van der Waals surface area contributed by atoms with Gasteiger partial charge in [0.15, 0.2) is 11.6 Å². The van der Waals surface area contributed by atoms with E-state index in [1.54, 1.807) is 4.57 Å². The number of nitrogens with zero attached hydrogens (tertiary/aromatic N) is 3. The molecule has 1 aromatic carbocycles. The van der Waals surface area contributed by atoms with E-state index in [0.29, 0.717) is 36.1 Å². The molecular formula is C20H24FN3O4. The molecule has 0 bridgehead atoms. The van der Waals surface area contributed by atoms with E-state index in [0.717, 1.165) is 19.2 Å². The fourth-order valence-corrected chi connectivity index (χ4v) is 4.12. The number of carboxylic acids is 1. The van der Waals surface area contributed by atoms with Gasteiger partial charge in [-0.3, -0.25) is 9.69 Å². The van der Waals surface area contributed by atoms with Gasteiger partial charge in [0, 0.05) is 38.4 Å². The molecule has 0 saturated carbocycles. The Kier molecular flexibility index (Phi) is 4.53. The summed E-state index contributed by atoms with van der Waals surface area (Å²) in [6, 6.07) is 1.43. The first-order chi connectivity index (χ1) is 13.3. The molecule has 0 amide bonds. The van der Waals surface area contributed by atoms with Gasteiger partial charge in [0.1, 0.15) is 17.9 Å². The topological polar surface area (TPSA) is 75.0 Å². The monoisotopic (exact) mass is 389 g/mol. The Hall–Kier alpha value is -2.61. The Morgan fingerprint density at radius 1 is 1.29 bits per heavy atom. The first-order valence-electron chi connectivity index (χ1n) is 9.56. The first kappa shape index (κ1) is 18.7. The Morgan fingerprint density at radius 3 is 2.57 bits per heavy atom. The Balaban J connectivity index is 1.89. The molecule has 2 aliphatic heterocycles. The SMILES string of the molecule is CC(C)N1CCN(c2c(F)cc3c(=O)c(C(=O)O)cn4c3c2OCC4C)CC1. The zero-order chi connectivity index (χ0) is 20.2. The third-order valence-electron chi connectivity index (χ3n) is 5.73. The van der Waals surface area contributed by atoms with Crippen LogP contribution in [0, 0.1) is 5.82 Å². The largest absolute Gasteiger partial charge is 0.487 e. The number of aromatic carboxylic acids is 1. The first-order valence-corrected chi connectivity index (χ1v) is 9.56. The lowest BCUT2D eigenvalue weighted by molar-refractivity contribution is 0.0694. The van der Waals surface area contributed by atoms with Crippen LogP contribution in [0.25, 0.3) is 10.9 Å². The molecule has 2 aromatic rings. The number of halogens is 1. The molecule has 7 nitrogen and oxygen atoms in total. The highest BCUT2D eigenvalue weighted by molar-refractivity contribution is 5.97. The maximum absolute atomic E-state index is 15.1. The maximum atomic E-state index is 15.1. The predicted molar refractivity (Wildman–Crippen MR) is 104 cm³/mol. The van der Waals surface area contributed by atoms with Gasteiger partial charge in [-0.1, -0.05) is 0 Å². The molecule has 0 radical (unpaired) electrons. The van der Waals surface area contributed by atoms with Gasteiger partial charge in [0.05, 0.1) is 16.9 Å². The normalized spacial score (nSPS) is 19.9. The number of ether oxygens (including phenoxy) is 1. The molecule has 150 valence electrons. The van der Waals surface area contributed by atoms with Gasteiger partial charge >= 0.3 is 5.97 Å². The number of pyridine rings is 1. The van der Waals surface area contributed by atoms with Gasteiger partial charge in [-0.15, -0.1) is 0 Å². The summed E-state index contributed by atoms with van der Waals surface area (Å²) in [5.41, 5.74) is -0.215. The lowest BCUT2D eigenvalue weighted by Crippen LogP contribution is -2.49. The highest BCUT2D eigenvalue weighted by Gasteiger charge is 2.31. The summed E-state index contributed by atoms with van der Waals surface area (Å²) < 4.78 is 22.8. The van der Waals surface area contributed by atoms with Crippen molar-refractivity contribution in [2.75, 3.05) is 37.7 Å². The molecule has 1 atom stereocenters. The lowest BCUT2D eigenvalue weighted by atomic mass is 10.1. The van der Waals surface area contributed by atoms with E-state index in [9.17, 15) is 14.7 Å². The second-order valence-electron chi connectivity index (χ2n) is 7.79. The summed E-state index contributed by atoms with van der Waals surface area (Å²) >= 11 is 0. The van der Waals surface area contributed by atoms with E-state index < -0.39 is 17.2 Å². The molecule has 1 fully saturated rings. The molecule has 3 heterocycles. The number of hydrogen-bond donors (Lipinski definition) is 1. The molecule has 1 saturated heterocycles. The number of carboxylic acid groups (broad SMARTS) is 1. The van der Waals surface area contributed by atoms with Gasteiger partial charge < -0.3 is 19.3 Å². The highest BCUT2D eigenvalue weighted by atomic mass is 19.1. The fraction of sp³-hybridized carbons (Fsp3) is 0.500. The summed E-state index contributed by atoms with van der Waals surface area (Å²) in [6.45, 7) is 9.38. The van der Waals surface area contributed by atoms with E-state index in [2.05, 4.69) is 18.7 Å². The minimum absolute atomic E-state index is 0.0449. The van der Waals surface area contributed by atoms with Crippen LogP contribution in [0.1, 0.15) is 37.2 Å². The average molecular weight is 389 g/mol. The minimum Gasteiger partial charge on any atom is -0.487 e. The Labute approximate surface area is 161 Å². The Bertz CT molecular complexity index is 1010. The summed E-state index contributed by atoms with van der Waals surface area (Å²) in [6.07, 6.45) is 1.35. The van der Waals surface area contributed by atoms with Crippen LogP contribution in [0.3, 0.4) is 0 Å². The molecular weight excluding hydrogens is 365 g/mol.